The second-order valence-corrected chi connectivity index (χ2v) is 10.8. The summed E-state index contributed by atoms with van der Waals surface area (Å²) in [5.74, 6) is 1.51. The van der Waals surface area contributed by atoms with Gasteiger partial charge in [0.05, 0.1) is 17.0 Å². The average Bonchev–Trinajstić information content (AvgIpc) is 3.36. The van der Waals surface area contributed by atoms with Gasteiger partial charge in [0, 0.05) is 32.2 Å². The Morgan fingerprint density at radius 3 is 2.51 bits per heavy atom. The molecule has 10 heteroatoms. The highest BCUT2D eigenvalue weighted by Crippen LogP contribution is 2.38. The smallest absolute Gasteiger partial charge is 0.244 e. The third kappa shape index (κ3) is 4.72. The monoisotopic (exact) mass is 496 g/mol. The number of carbonyl (C=O) groups excluding carboxylic acids is 1. The van der Waals surface area contributed by atoms with Crippen molar-refractivity contribution < 1.29 is 22.7 Å². The predicted molar refractivity (Wildman–Crippen MR) is 127 cm³/mol. The van der Waals surface area contributed by atoms with E-state index < -0.39 is 10.0 Å². The second-order valence-electron chi connectivity index (χ2n) is 8.92. The van der Waals surface area contributed by atoms with E-state index in [-0.39, 0.29) is 35.5 Å². The molecule has 35 heavy (non-hydrogen) atoms. The molecule has 184 valence electrons. The first-order valence-corrected chi connectivity index (χ1v) is 13.3. The van der Waals surface area contributed by atoms with Crippen LogP contribution in [0.5, 0.6) is 11.5 Å². The van der Waals surface area contributed by atoms with Gasteiger partial charge in [0.25, 0.3) is 0 Å². The number of hydrogen-bond donors (Lipinski definition) is 0. The third-order valence-corrected chi connectivity index (χ3v) is 8.83. The van der Waals surface area contributed by atoms with Crippen LogP contribution in [0.3, 0.4) is 0 Å². The molecule has 2 fully saturated rings. The Hall–Kier alpha value is -3.13. The molecular weight excluding hydrogens is 468 g/mol. The first-order chi connectivity index (χ1) is 17.0. The topological polar surface area (TPSA) is 103 Å². The Morgan fingerprint density at radius 1 is 1.00 bits per heavy atom. The minimum absolute atomic E-state index is 0.00363. The summed E-state index contributed by atoms with van der Waals surface area (Å²) in [5, 5.41) is 9.29. The number of nitriles is 1. The van der Waals surface area contributed by atoms with Crippen LogP contribution in [0.1, 0.15) is 30.0 Å². The van der Waals surface area contributed by atoms with Crippen molar-refractivity contribution in [2.75, 3.05) is 52.5 Å². The van der Waals surface area contributed by atoms with E-state index in [1.54, 1.807) is 17.0 Å². The molecule has 2 aromatic carbocycles. The average molecular weight is 497 g/mol. The van der Waals surface area contributed by atoms with Crippen molar-refractivity contribution in [3.8, 4) is 17.6 Å². The highest BCUT2D eigenvalue weighted by molar-refractivity contribution is 7.89. The molecule has 3 heterocycles. The first kappa shape index (κ1) is 23.6. The maximum absolute atomic E-state index is 13.1. The lowest BCUT2D eigenvalue weighted by molar-refractivity contribution is -0.133. The van der Waals surface area contributed by atoms with Crippen LogP contribution >= 0.6 is 0 Å². The molecule has 2 aromatic rings. The molecule has 2 saturated heterocycles. The fourth-order valence-corrected chi connectivity index (χ4v) is 6.60. The lowest BCUT2D eigenvalue weighted by Gasteiger charge is -2.35. The maximum atomic E-state index is 13.1. The van der Waals surface area contributed by atoms with E-state index in [0.717, 1.165) is 36.4 Å². The lowest BCUT2D eigenvalue weighted by Crippen LogP contribution is -2.52. The zero-order valence-electron chi connectivity index (χ0n) is 19.4. The summed E-state index contributed by atoms with van der Waals surface area (Å²) in [6.45, 7) is 3.29. The van der Waals surface area contributed by atoms with E-state index in [2.05, 4.69) is 4.90 Å². The Bertz CT molecular complexity index is 1250. The quantitative estimate of drug-likeness (QED) is 0.624. The van der Waals surface area contributed by atoms with E-state index in [0.29, 0.717) is 32.8 Å². The summed E-state index contributed by atoms with van der Waals surface area (Å²) < 4.78 is 38.9. The van der Waals surface area contributed by atoms with Gasteiger partial charge in [-0.05, 0) is 49.2 Å². The van der Waals surface area contributed by atoms with Crippen LogP contribution in [0.25, 0.3) is 0 Å². The van der Waals surface area contributed by atoms with Crippen LogP contribution in [0.2, 0.25) is 0 Å². The molecule has 0 spiro atoms. The number of rotatable bonds is 5. The summed E-state index contributed by atoms with van der Waals surface area (Å²) in [6.07, 6.45) is 1.98. The third-order valence-electron chi connectivity index (χ3n) is 6.87. The van der Waals surface area contributed by atoms with Crippen molar-refractivity contribution in [2.24, 2.45) is 0 Å². The van der Waals surface area contributed by atoms with Crippen LogP contribution in [0.4, 0.5) is 0 Å². The van der Waals surface area contributed by atoms with Gasteiger partial charge in [-0.25, -0.2) is 8.42 Å². The minimum Gasteiger partial charge on any atom is -0.486 e. The van der Waals surface area contributed by atoms with E-state index in [9.17, 15) is 18.5 Å². The normalized spacial score (nSPS) is 21.0. The van der Waals surface area contributed by atoms with Gasteiger partial charge in [0.2, 0.25) is 15.9 Å². The summed E-state index contributed by atoms with van der Waals surface area (Å²) in [4.78, 5) is 17.1. The molecule has 0 aliphatic carbocycles. The number of ether oxygens (including phenoxy) is 2. The summed E-state index contributed by atoms with van der Waals surface area (Å²) in [6, 6.07) is 14.3. The molecule has 0 aromatic heterocycles. The van der Waals surface area contributed by atoms with Crippen molar-refractivity contribution in [1.29, 1.82) is 5.26 Å². The van der Waals surface area contributed by atoms with Gasteiger partial charge in [0.15, 0.2) is 11.5 Å². The maximum Gasteiger partial charge on any atom is 0.244 e. The SMILES string of the molecule is N#Cc1ccccc1S(=O)(=O)N1CCN(C(=O)CN2CCCC2c2ccc3c(c2)OCCO3)CC1. The molecule has 1 amide bonds. The van der Waals surface area contributed by atoms with E-state index >= 15 is 0 Å². The molecule has 1 atom stereocenters. The zero-order chi connectivity index (χ0) is 24.4. The van der Waals surface area contributed by atoms with Crippen LogP contribution < -0.4 is 9.47 Å². The summed E-state index contributed by atoms with van der Waals surface area (Å²) in [5.41, 5.74) is 1.25. The number of likely N-dealkylation sites (tertiary alicyclic amines) is 1. The highest BCUT2D eigenvalue weighted by atomic mass is 32.2. The fraction of sp³-hybridized carbons (Fsp3) is 0.440. The van der Waals surface area contributed by atoms with Gasteiger partial charge in [0.1, 0.15) is 19.3 Å². The summed E-state index contributed by atoms with van der Waals surface area (Å²) in [7, 11) is -3.79. The predicted octanol–water partition coefficient (Wildman–Crippen LogP) is 2.00. The van der Waals surface area contributed by atoms with Gasteiger partial charge < -0.3 is 14.4 Å². The van der Waals surface area contributed by atoms with E-state index in [1.807, 2.05) is 24.3 Å². The molecule has 0 bridgehead atoms. The molecule has 5 rings (SSSR count). The number of hydrogen-bond acceptors (Lipinski definition) is 7. The molecule has 0 N–H and O–H groups in total. The first-order valence-electron chi connectivity index (χ1n) is 11.9. The van der Waals surface area contributed by atoms with Gasteiger partial charge >= 0.3 is 0 Å². The second kappa shape index (κ2) is 9.85. The Labute approximate surface area is 205 Å². The molecule has 3 aliphatic rings. The van der Waals surface area contributed by atoms with Gasteiger partial charge in [-0.15, -0.1) is 0 Å². The molecule has 0 radical (unpaired) electrons. The van der Waals surface area contributed by atoms with E-state index in [4.69, 9.17) is 9.47 Å². The number of benzene rings is 2. The highest BCUT2D eigenvalue weighted by Gasteiger charge is 2.34. The standard InChI is InChI=1S/C25H28N4O5S/c26-17-20-4-1-2-6-24(20)35(31,32)29-12-10-27(11-13-29)25(30)18-28-9-3-5-21(28)19-7-8-22-23(16-19)34-15-14-33-22/h1-2,4,6-8,16,21H,3,5,9-15,18H2. The number of amides is 1. The fourth-order valence-electron chi connectivity index (χ4n) is 5.03. The Balaban J connectivity index is 1.21. The number of fused-ring (bicyclic) bond motifs is 1. The number of carbonyl (C=O) groups is 1. The molecule has 0 saturated carbocycles. The lowest BCUT2D eigenvalue weighted by atomic mass is 10.0. The molecule has 1 unspecified atom stereocenters. The zero-order valence-corrected chi connectivity index (χ0v) is 20.2. The molecule has 3 aliphatic heterocycles. The molecular formula is C25H28N4O5S. The van der Waals surface area contributed by atoms with Crippen LogP contribution in [-0.2, 0) is 14.8 Å². The largest absolute Gasteiger partial charge is 0.486 e. The van der Waals surface area contributed by atoms with Crippen molar-refractivity contribution in [2.45, 2.75) is 23.8 Å². The van der Waals surface area contributed by atoms with Gasteiger partial charge in [-0.1, -0.05) is 18.2 Å². The summed E-state index contributed by atoms with van der Waals surface area (Å²) >= 11 is 0. The number of piperazine rings is 1. The number of nitrogens with zero attached hydrogens (tertiary/aromatic N) is 4. The van der Waals surface area contributed by atoms with Crippen molar-refractivity contribution in [3.63, 3.8) is 0 Å². The minimum atomic E-state index is -3.79. The molecule has 9 nitrogen and oxygen atoms in total. The van der Waals surface area contributed by atoms with Crippen LogP contribution in [0.15, 0.2) is 47.4 Å². The van der Waals surface area contributed by atoms with Crippen molar-refractivity contribution in [3.05, 3.63) is 53.6 Å². The van der Waals surface area contributed by atoms with Gasteiger partial charge in [-0.2, -0.15) is 9.57 Å². The number of sulfonamides is 1. The van der Waals surface area contributed by atoms with Gasteiger partial charge in [-0.3, -0.25) is 9.69 Å². The van der Waals surface area contributed by atoms with Crippen LogP contribution in [0, 0.1) is 11.3 Å². The Morgan fingerprint density at radius 2 is 1.74 bits per heavy atom. The van der Waals surface area contributed by atoms with E-state index in [1.165, 1.54) is 16.4 Å². The Kier molecular flexibility index (Phi) is 6.65. The van der Waals surface area contributed by atoms with Crippen molar-refractivity contribution >= 4 is 15.9 Å². The van der Waals surface area contributed by atoms with Crippen molar-refractivity contribution in [1.82, 2.24) is 14.1 Å². The van der Waals surface area contributed by atoms with Crippen LogP contribution in [-0.4, -0.2) is 80.9 Å².